The highest BCUT2D eigenvalue weighted by Crippen LogP contribution is 2.32. The molecule has 20 heavy (non-hydrogen) atoms. The average molecular weight is 284 g/mol. The third-order valence-corrected chi connectivity index (χ3v) is 3.61. The number of rotatable bonds is 2. The van der Waals surface area contributed by atoms with Crippen LogP contribution in [0.5, 0.6) is 5.75 Å². The van der Waals surface area contributed by atoms with E-state index in [9.17, 15) is 0 Å². The predicted octanol–water partition coefficient (Wildman–Crippen LogP) is 4.75. The summed E-state index contributed by atoms with van der Waals surface area (Å²) < 4.78 is 5.23. The molecule has 0 saturated carbocycles. The lowest BCUT2D eigenvalue weighted by Gasteiger charge is -2.09. The molecule has 0 fully saturated rings. The van der Waals surface area contributed by atoms with E-state index in [1.165, 1.54) is 0 Å². The van der Waals surface area contributed by atoms with Gasteiger partial charge in [0.1, 0.15) is 5.75 Å². The van der Waals surface area contributed by atoms with Gasteiger partial charge in [0.05, 0.1) is 7.11 Å². The van der Waals surface area contributed by atoms with E-state index >= 15 is 0 Å². The minimum absolute atomic E-state index is 0.684. The second kappa shape index (κ2) is 5.06. The molecule has 100 valence electrons. The number of hydrogen-bond acceptors (Lipinski definition) is 2. The van der Waals surface area contributed by atoms with Crippen LogP contribution in [0.1, 0.15) is 0 Å². The van der Waals surface area contributed by atoms with Crippen LogP contribution in [0, 0.1) is 0 Å². The fourth-order valence-corrected chi connectivity index (χ4v) is 2.47. The summed E-state index contributed by atoms with van der Waals surface area (Å²) in [4.78, 5) is 0. The van der Waals surface area contributed by atoms with Gasteiger partial charge in [-0.2, -0.15) is 0 Å². The molecule has 0 spiro atoms. The summed E-state index contributed by atoms with van der Waals surface area (Å²) in [5, 5.41) is 2.96. The van der Waals surface area contributed by atoms with Crippen LogP contribution in [0.3, 0.4) is 0 Å². The Morgan fingerprint density at radius 3 is 2.45 bits per heavy atom. The molecule has 3 rings (SSSR count). The number of methoxy groups -OCH3 is 1. The molecular formula is C17H14ClNO. The van der Waals surface area contributed by atoms with Crippen LogP contribution in [0.2, 0.25) is 5.02 Å². The number of fused-ring (bicyclic) bond motifs is 1. The fourth-order valence-electron chi connectivity index (χ4n) is 2.30. The summed E-state index contributed by atoms with van der Waals surface area (Å²) in [6.45, 7) is 0. The summed E-state index contributed by atoms with van der Waals surface area (Å²) in [5.74, 6) is 0.854. The van der Waals surface area contributed by atoms with Gasteiger partial charge in [-0.3, -0.25) is 0 Å². The number of nitrogen functional groups attached to an aromatic ring is 1. The second-order valence-corrected chi connectivity index (χ2v) is 5.10. The van der Waals surface area contributed by atoms with Crippen LogP contribution in [0.25, 0.3) is 21.9 Å². The molecule has 0 aromatic heterocycles. The molecule has 0 bridgehead atoms. The Balaban J connectivity index is 2.15. The minimum Gasteiger partial charge on any atom is -0.497 e. The smallest absolute Gasteiger partial charge is 0.119 e. The maximum absolute atomic E-state index is 6.05. The van der Waals surface area contributed by atoms with E-state index in [1.54, 1.807) is 13.2 Å². The Morgan fingerprint density at radius 1 is 0.900 bits per heavy atom. The summed E-state index contributed by atoms with van der Waals surface area (Å²) in [5.41, 5.74) is 8.77. The Bertz CT molecular complexity index is 783. The first-order valence-electron chi connectivity index (χ1n) is 6.30. The highest BCUT2D eigenvalue weighted by molar-refractivity contribution is 6.31. The van der Waals surface area contributed by atoms with E-state index in [4.69, 9.17) is 22.1 Å². The van der Waals surface area contributed by atoms with E-state index in [2.05, 4.69) is 12.1 Å². The molecule has 3 aromatic rings. The van der Waals surface area contributed by atoms with Crippen molar-refractivity contribution in [2.45, 2.75) is 0 Å². The molecule has 0 unspecified atom stereocenters. The normalized spacial score (nSPS) is 10.7. The van der Waals surface area contributed by atoms with E-state index in [0.717, 1.165) is 33.3 Å². The monoisotopic (exact) mass is 283 g/mol. The third kappa shape index (κ3) is 2.30. The molecule has 0 radical (unpaired) electrons. The number of ether oxygens (including phenoxy) is 1. The van der Waals surface area contributed by atoms with Crippen molar-refractivity contribution in [3.05, 3.63) is 59.6 Å². The van der Waals surface area contributed by atoms with Crippen molar-refractivity contribution in [2.24, 2.45) is 0 Å². The van der Waals surface area contributed by atoms with Crippen LogP contribution in [0.4, 0.5) is 5.69 Å². The van der Waals surface area contributed by atoms with E-state index < -0.39 is 0 Å². The summed E-state index contributed by atoms with van der Waals surface area (Å²) in [7, 11) is 1.67. The van der Waals surface area contributed by atoms with Gasteiger partial charge in [0.15, 0.2) is 0 Å². The maximum atomic E-state index is 6.05. The fraction of sp³-hybridized carbons (Fsp3) is 0.0588. The van der Waals surface area contributed by atoms with Gasteiger partial charge in [0, 0.05) is 16.3 Å². The Labute approximate surface area is 122 Å². The Morgan fingerprint density at radius 2 is 1.65 bits per heavy atom. The van der Waals surface area contributed by atoms with Crippen LogP contribution >= 0.6 is 11.6 Å². The molecule has 3 heteroatoms. The van der Waals surface area contributed by atoms with Gasteiger partial charge >= 0.3 is 0 Å². The number of anilines is 1. The lowest BCUT2D eigenvalue weighted by Crippen LogP contribution is -1.90. The summed E-state index contributed by atoms with van der Waals surface area (Å²) in [6, 6.07) is 17.7. The van der Waals surface area contributed by atoms with Crippen LogP contribution in [0.15, 0.2) is 54.6 Å². The van der Waals surface area contributed by atoms with E-state index in [0.29, 0.717) is 5.02 Å². The standard InChI is InChI=1S/C17H14ClNO/c1-20-15-6-4-11-8-13(3-2-12(11)9-15)16-10-14(18)5-7-17(16)19/h2-10H,19H2,1H3. The van der Waals surface area contributed by atoms with Gasteiger partial charge in [-0.1, -0.05) is 29.8 Å². The van der Waals surface area contributed by atoms with Gasteiger partial charge in [0.25, 0.3) is 0 Å². The number of nitrogens with two attached hydrogens (primary N) is 1. The van der Waals surface area contributed by atoms with Crippen molar-refractivity contribution in [3.63, 3.8) is 0 Å². The Hall–Kier alpha value is -2.19. The first-order chi connectivity index (χ1) is 9.67. The highest BCUT2D eigenvalue weighted by atomic mass is 35.5. The number of benzene rings is 3. The molecule has 0 amide bonds. The van der Waals surface area contributed by atoms with Crippen LogP contribution < -0.4 is 10.5 Å². The molecule has 0 aliphatic rings. The molecule has 2 nitrogen and oxygen atoms in total. The van der Waals surface area contributed by atoms with Gasteiger partial charge in [-0.05, 0) is 52.7 Å². The number of halogens is 1. The van der Waals surface area contributed by atoms with Crippen molar-refractivity contribution < 1.29 is 4.74 Å². The summed E-state index contributed by atoms with van der Waals surface area (Å²) in [6.07, 6.45) is 0. The van der Waals surface area contributed by atoms with E-state index in [-0.39, 0.29) is 0 Å². The van der Waals surface area contributed by atoms with E-state index in [1.807, 2.05) is 36.4 Å². The van der Waals surface area contributed by atoms with Crippen molar-refractivity contribution in [2.75, 3.05) is 12.8 Å². The second-order valence-electron chi connectivity index (χ2n) is 4.66. The highest BCUT2D eigenvalue weighted by Gasteiger charge is 2.05. The first-order valence-corrected chi connectivity index (χ1v) is 6.68. The Kier molecular flexibility index (Phi) is 3.25. The largest absolute Gasteiger partial charge is 0.497 e. The average Bonchev–Trinajstić information content (AvgIpc) is 2.48. The lowest BCUT2D eigenvalue weighted by molar-refractivity contribution is 0.415. The zero-order valence-corrected chi connectivity index (χ0v) is 11.8. The molecule has 0 aliphatic heterocycles. The van der Waals surface area contributed by atoms with Crippen molar-refractivity contribution in [1.82, 2.24) is 0 Å². The minimum atomic E-state index is 0.684. The van der Waals surface area contributed by atoms with Gasteiger partial charge in [-0.25, -0.2) is 0 Å². The molecule has 2 N–H and O–H groups in total. The van der Waals surface area contributed by atoms with Gasteiger partial charge in [-0.15, -0.1) is 0 Å². The molecule has 0 saturated heterocycles. The quantitative estimate of drug-likeness (QED) is 0.689. The first kappa shape index (κ1) is 12.8. The molecule has 0 atom stereocenters. The predicted molar refractivity (Wildman–Crippen MR) is 85.4 cm³/mol. The van der Waals surface area contributed by atoms with Crippen LogP contribution in [-0.4, -0.2) is 7.11 Å². The maximum Gasteiger partial charge on any atom is 0.119 e. The molecule has 3 aromatic carbocycles. The van der Waals surface area contributed by atoms with Gasteiger partial charge < -0.3 is 10.5 Å². The molecular weight excluding hydrogens is 270 g/mol. The zero-order valence-electron chi connectivity index (χ0n) is 11.1. The van der Waals surface area contributed by atoms with Crippen molar-refractivity contribution in [1.29, 1.82) is 0 Å². The zero-order chi connectivity index (χ0) is 14.1. The third-order valence-electron chi connectivity index (χ3n) is 3.37. The van der Waals surface area contributed by atoms with Crippen molar-refractivity contribution in [3.8, 4) is 16.9 Å². The molecule has 0 aliphatic carbocycles. The summed E-state index contributed by atoms with van der Waals surface area (Å²) >= 11 is 6.05. The SMILES string of the molecule is COc1ccc2cc(-c3cc(Cl)ccc3N)ccc2c1. The molecule has 0 heterocycles. The number of hydrogen-bond donors (Lipinski definition) is 1. The van der Waals surface area contributed by atoms with Crippen LogP contribution in [-0.2, 0) is 0 Å². The lowest BCUT2D eigenvalue weighted by atomic mass is 10.00. The topological polar surface area (TPSA) is 35.2 Å². The van der Waals surface area contributed by atoms with Gasteiger partial charge in [0.2, 0.25) is 0 Å². The van der Waals surface area contributed by atoms with Crippen molar-refractivity contribution >= 4 is 28.1 Å².